The first-order valence-electron chi connectivity index (χ1n) is 8.94. The van der Waals surface area contributed by atoms with E-state index in [1.807, 2.05) is 19.1 Å². The monoisotopic (exact) mass is 488 g/mol. The van der Waals surface area contributed by atoms with Crippen LogP contribution in [0.25, 0.3) is 6.08 Å². The molecule has 0 radical (unpaired) electrons. The Morgan fingerprint density at radius 3 is 2.53 bits per heavy atom. The van der Waals surface area contributed by atoms with Gasteiger partial charge in [-0.05, 0) is 76.0 Å². The van der Waals surface area contributed by atoms with Gasteiger partial charge in [-0.3, -0.25) is 19.8 Å². The maximum absolute atomic E-state index is 13.0. The van der Waals surface area contributed by atoms with Crippen LogP contribution in [0.15, 0.2) is 52.5 Å². The largest absolute Gasteiger partial charge is 0.481 e. The van der Waals surface area contributed by atoms with E-state index in [4.69, 9.17) is 22.1 Å². The number of nitrogens with zero attached hydrogens (tertiary/aromatic N) is 1. The van der Waals surface area contributed by atoms with Gasteiger partial charge in [-0.2, -0.15) is 0 Å². The summed E-state index contributed by atoms with van der Waals surface area (Å²) in [5, 5.41) is 11.3. The van der Waals surface area contributed by atoms with Crippen molar-refractivity contribution in [2.24, 2.45) is 0 Å². The van der Waals surface area contributed by atoms with E-state index in [0.29, 0.717) is 21.5 Å². The minimum atomic E-state index is -1.10. The van der Waals surface area contributed by atoms with Crippen molar-refractivity contribution >= 4 is 62.8 Å². The van der Waals surface area contributed by atoms with Crippen LogP contribution in [0.2, 0.25) is 0 Å². The number of anilines is 1. The lowest BCUT2D eigenvalue weighted by Crippen LogP contribution is -2.54. The first kappa shape index (κ1) is 21.7. The predicted octanol–water partition coefficient (Wildman–Crippen LogP) is 3.31. The first-order valence-corrected chi connectivity index (χ1v) is 10.1. The molecule has 0 aliphatic carbocycles. The van der Waals surface area contributed by atoms with Crippen molar-refractivity contribution < 1.29 is 24.2 Å². The number of amides is 2. The zero-order valence-electron chi connectivity index (χ0n) is 15.8. The molecule has 2 amide bonds. The molecule has 154 valence electrons. The van der Waals surface area contributed by atoms with Gasteiger partial charge >= 0.3 is 5.97 Å². The van der Waals surface area contributed by atoms with Crippen LogP contribution in [-0.4, -0.2) is 34.6 Å². The summed E-state index contributed by atoms with van der Waals surface area (Å²) in [5.74, 6) is -1.89. The lowest BCUT2D eigenvalue weighted by atomic mass is 10.1. The number of rotatable bonds is 6. The highest BCUT2D eigenvalue weighted by molar-refractivity contribution is 9.10. The Balaban J connectivity index is 1.90. The van der Waals surface area contributed by atoms with Crippen LogP contribution in [0, 0.1) is 0 Å². The molecule has 0 spiro atoms. The van der Waals surface area contributed by atoms with Crippen LogP contribution < -0.4 is 15.0 Å². The van der Waals surface area contributed by atoms with Gasteiger partial charge in [-0.15, -0.1) is 0 Å². The van der Waals surface area contributed by atoms with E-state index in [0.717, 1.165) is 12.0 Å². The van der Waals surface area contributed by atoms with E-state index >= 15 is 0 Å². The first-order chi connectivity index (χ1) is 14.3. The van der Waals surface area contributed by atoms with Gasteiger partial charge in [0.15, 0.2) is 11.7 Å². The summed E-state index contributed by atoms with van der Waals surface area (Å²) in [7, 11) is 0. The lowest BCUT2D eigenvalue weighted by Gasteiger charge is -2.29. The molecule has 1 aliphatic heterocycles. The summed E-state index contributed by atoms with van der Waals surface area (Å²) in [5.41, 5.74) is 2.15. The number of carboxylic acids is 1. The fourth-order valence-corrected chi connectivity index (χ4v) is 3.59. The number of aliphatic carboxylic acids is 1. The molecule has 2 aromatic rings. The van der Waals surface area contributed by atoms with Gasteiger partial charge < -0.3 is 9.84 Å². The molecule has 0 bridgehead atoms. The Hall–Kier alpha value is -3.04. The predicted molar refractivity (Wildman–Crippen MR) is 119 cm³/mol. The Labute approximate surface area is 186 Å². The highest BCUT2D eigenvalue weighted by atomic mass is 79.9. The van der Waals surface area contributed by atoms with E-state index in [2.05, 4.69) is 21.2 Å². The average molecular weight is 489 g/mol. The number of nitrogens with one attached hydrogen (secondary N) is 1. The van der Waals surface area contributed by atoms with Gasteiger partial charge in [0.05, 0.1) is 10.2 Å². The minimum Gasteiger partial charge on any atom is -0.481 e. The third kappa shape index (κ3) is 4.74. The zero-order valence-corrected chi connectivity index (χ0v) is 18.2. The maximum Gasteiger partial charge on any atom is 0.341 e. The number of halogens is 1. The number of ether oxygens (including phenoxy) is 1. The summed E-state index contributed by atoms with van der Waals surface area (Å²) in [6.07, 6.45) is 2.31. The van der Waals surface area contributed by atoms with E-state index in [-0.39, 0.29) is 10.7 Å². The number of aryl methyl sites for hydroxylation is 1. The third-order valence-electron chi connectivity index (χ3n) is 4.32. The van der Waals surface area contributed by atoms with Gasteiger partial charge in [0.2, 0.25) is 0 Å². The molecule has 2 N–H and O–H groups in total. The van der Waals surface area contributed by atoms with Crippen molar-refractivity contribution in [3.8, 4) is 5.75 Å². The molecule has 0 aromatic heterocycles. The highest BCUT2D eigenvalue weighted by Gasteiger charge is 2.34. The second-order valence-electron chi connectivity index (χ2n) is 6.35. The van der Waals surface area contributed by atoms with E-state index < -0.39 is 24.4 Å². The second kappa shape index (κ2) is 9.19. The van der Waals surface area contributed by atoms with Gasteiger partial charge in [0.1, 0.15) is 11.3 Å². The summed E-state index contributed by atoms with van der Waals surface area (Å²) >= 11 is 8.50. The summed E-state index contributed by atoms with van der Waals surface area (Å²) in [4.78, 5) is 37.4. The topological polar surface area (TPSA) is 95.9 Å². The van der Waals surface area contributed by atoms with Crippen LogP contribution in [-0.2, 0) is 20.8 Å². The van der Waals surface area contributed by atoms with Crippen LogP contribution in [0.3, 0.4) is 0 Å². The van der Waals surface area contributed by atoms with Crippen molar-refractivity contribution in [1.29, 1.82) is 0 Å². The normalized spacial score (nSPS) is 15.3. The van der Waals surface area contributed by atoms with Gasteiger partial charge in [-0.1, -0.05) is 25.1 Å². The quantitative estimate of drug-likeness (QED) is 0.367. The van der Waals surface area contributed by atoms with Gasteiger partial charge in [-0.25, -0.2) is 4.79 Å². The molecule has 0 saturated carbocycles. The standard InChI is InChI=1S/C21H17BrN2O5S/c1-2-12-3-6-14(7-4-12)24-20(28)15(19(27)23-21(24)30)9-13-5-8-17(16(22)10-13)29-11-18(25)26/h3-10H,2,11H2,1H3,(H,25,26)(H,23,27,30)/b15-9+. The van der Waals surface area contributed by atoms with E-state index in [9.17, 15) is 14.4 Å². The molecule has 3 rings (SSSR count). The van der Waals surface area contributed by atoms with Gasteiger partial charge in [0, 0.05) is 0 Å². The van der Waals surface area contributed by atoms with Crippen molar-refractivity contribution in [1.82, 2.24) is 5.32 Å². The summed E-state index contributed by atoms with van der Waals surface area (Å²) < 4.78 is 5.64. The minimum absolute atomic E-state index is 0.0185. The van der Waals surface area contributed by atoms with Gasteiger partial charge in [0.25, 0.3) is 11.8 Å². The maximum atomic E-state index is 13.0. The molecule has 0 unspecified atom stereocenters. The van der Waals surface area contributed by atoms with Crippen molar-refractivity contribution in [3.63, 3.8) is 0 Å². The SMILES string of the molecule is CCc1ccc(N2C(=O)/C(=C/c3ccc(OCC(=O)O)c(Br)c3)C(=O)NC2=S)cc1. The fraction of sp³-hybridized carbons (Fsp3) is 0.143. The van der Waals surface area contributed by atoms with Crippen LogP contribution in [0.1, 0.15) is 18.1 Å². The Morgan fingerprint density at radius 1 is 1.23 bits per heavy atom. The number of carbonyl (C=O) groups excluding carboxylic acids is 2. The van der Waals surface area contributed by atoms with Crippen LogP contribution in [0.5, 0.6) is 5.75 Å². The summed E-state index contributed by atoms with van der Waals surface area (Å²) in [6, 6.07) is 12.2. The molecule has 7 nitrogen and oxygen atoms in total. The van der Waals surface area contributed by atoms with Crippen LogP contribution in [0.4, 0.5) is 5.69 Å². The van der Waals surface area contributed by atoms with E-state index in [1.165, 1.54) is 11.0 Å². The Morgan fingerprint density at radius 2 is 1.93 bits per heavy atom. The number of hydrogen-bond acceptors (Lipinski definition) is 5. The van der Waals surface area contributed by atoms with E-state index in [1.54, 1.807) is 30.3 Å². The number of carboxylic acid groups (broad SMARTS) is 1. The molecule has 1 heterocycles. The molecule has 0 atom stereocenters. The zero-order chi connectivity index (χ0) is 21.8. The Bertz CT molecular complexity index is 1070. The molecule has 30 heavy (non-hydrogen) atoms. The average Bonchev–Trinajstić information content (AvgIpc) is 2.70. The summed E-state index contributed by atoms with van der Waals surface area (Å²) in [6.45, 7) is 1.55. The lowest BCUT2D eigenvalue weighted by molar-refractivity contribution is -0.139. The smallest absolute Gasteiger partial charge is 0.341 e. The van der Waals surface area contributed by atoms with Crippen molar-refractivity contribution in [3.05, 3.63) is 63.6 Å². The number of benzene rings is 2. The Kier molecular flexibility index (Phi) is 6.63. The third-order valence-corrected chi connectivity index (χ3v) is 5.23. The molecule has 1 fully saturated rings. The second-order valence-corrected chi connectivity index (χ2v) is 7.59. The molecule has 1 aliphatic rings. The highest BCUT2D eigenvalue weighted by Crippen LogP contribution is 2.28. The molecular formula is C21H17BrN2O5S. The molecule has 2 aromatic carbocycles. The van der Waals surface area contributed by atoms with Crippen molar-refractivity contribution in [2.45, 2.75) is 13.3 Å². The molecule has 1 saturated heterocycles. The molecular weight excluding hydrogens is 472 g/mol. The van der Waals surface area contributed by atoms with Crippen LogP contribution >= 0.6 is 28.1 Å². The molecule has 9 heteroatoms. The number of thiocarbonyl (C=S) groups is 1. The number of carbonyl (C=O) groups is 3. The van der Waals surface area contributed by atoms with Crippen molar-refractivity contribution in [2.75, 3.05) is 11.5 Å². The number of hydrogen-bond donors (Lipinski definition) is 2. The fourth-order valence-electron chi connectivity index (χ4n) is 2.80.